The lowest BCUT2D eigenvalue weighted by atomic mass is 10.2. The van der Waals surface area contributed by atoms with Crippen LogP contribution in [-0.2, 0) is 9.59 Å². The third kappa shape index (κ3) is 7.74. The molecule has 0 aliphatic heterocycles. The van der Waals surface area contributed by atoms with Crippen LogP contribution in [0.1, 0.15) is 40.5 Å². The number of rotatable bonds is 8. The Labute approximate surface area is 104 Å². The first kappa shape index (κ1) is 15.9. The predicted molar refractivity (Wildman–Crippen MR) is 68.7 cm³/mol. The fourth-order valence-electron chi connectivity index (χ4n) is 1.47. The lowest BCUT2D eigenvalue weighted by Gasteiger charge is -2.16. The van der Waals surface area contributed by atoms with Crippen LogP contribution in [0.4, 0.5) is 0 Å². The van der Waals surface area contributed by atoms with Crippen molar-refractivity contribution in [1.82, 2.24) is 16.0 Å². The van der Waals surface area contributed by atoms with E-state index in [1.54, 1.807) is 6.92 Å². The normalized spacial score (nSPS) is 13.9. The van der Waals surface area contributed by atoms with Gasteiger partial charge in [0.2, 0.25) is 11.8 Å². The Morgan fingerprint density at radius 2 is 1.82 bits per heavy atom. The monoisotopic (exact) mass is 243 g/mol. The van der Waals surface area contributed by atoms with E-state index in [1.807, 2.05) is 20.8 Å². The van der Waals surface area contributed by atoms with E-state index in [4.69, 9.17) is 0 Å². The Morgan fingerprint density at radius 3 is 2.35 bits per heavy atom. The molecule has 0 saturated heterocycles. The van der Waals surface area contributed by atoms with Crippen molar-refractivity contribution in [2.24, 2.45) is 0 Å². The smallest absolute Gasteiger partial charge is 0.242 e. The number of nitrogens with one attached hydrogen (secondary N) is 3. The molecule has 2 unspecified atom stereocenters. The van der Waals surface area contributed by atoms with Gasteiger partial charge in [0.05, 0.1) is 0 Å². The van der Waals surface area contributed by atoms with Gasteiger partial charge in [-0.15, -0.1) is 0 Å². The molecule has 5 heteroatoms. The highest BCUT2D eigenvalue weighted by molar-refractivity contribution is 5.87. The summed E-state index contributed by atoms with van der Waals surface area (Å²) < 4.78 is 0. The fraction of sp³-hybridized carbons (Fsp3) is 0.833. The highest BCUT2D eigenvalue weighted by atomic mass is 16.2. The fourth-order valence-corrected chi connectivity index (χ4v) is 1.47. The van der Waals surface area contributed by atoms with Crippen molar-refractivity contribution in [3.8, 4) is 0 Å². The van der Waals surface area contributed by atoms with Gasteiger partial charge in [-0.05, 0) is 26.8 Å². The Bertz CT molecular complexity index is 244. The van der Waals surface area contributed by atoms with E-state index in [0.29, 0.717) is 13.0 Å². The molecule has 0 rings (SSSR count). The van der Waals surface area contributed by atoms with E-state index in [1.165, 1.54) is 0 Å². The van der Waals surface area contributed by atoms with Gasteiger partial charge in [-0.25, -0.2) is 0 Å². The standard InChI is InChI=1S/C12H25N3O2/c1-5-7-14-12(17)10(4)15-11(16)8-9(3)13-6-2/h9-10,13H,5-8H2,1-4H3,(H,14,17)(H,15,16). The molecule has 2 amide bonds. The predicted octanol–water partition coefficient (Wildman–Crippen LogP) is 0.405. The minimum atomic E-state index is -0.470. The molecular weight excluding hydrogens is 218 g/mol. The maximum Gasteiger partial charge on any atom is 0.242 e. The number of amides is 2. The zero-order valence-electron chi connectivity index (χ0n) is 11.3. The summed E-state index contributed by atoms with van der Waals surface area (Å²) in [7, 11) is 0. The number of carbonyl (C=O) groups is 2. The molecule has 0 fully saturated rings. The van der Waals surface area contributed by atoms with Gasteiger partial charge >= 0.3 is 0 Å². The van der Waals surface area contributed by atoms with Crippen molar-refractivity contribution < 1.29 is 9.59 Å². The van der Waals surface area contributed by atoms with Gasteiger partial charge in [-0.3, -0.25) is 9.59 Å². The molecule has 0 heterocycles. The SMILES string of the molecule is CCCNC(=O)C(C)NC(=O)CC(C)NCC. The van der Waals surface area contributed by atoms with Crippen LogP contribution >= 0.6 is 0 Å². The molecule has 0 radical (unpaired) electrons. The van der Waals surface area contributed by atoms with E-state index >= 15 is 0 Å². The van der Waals surface area contributed by atoms with Crippen LogP contribution in [0.3, 0.4) is 0 Å². The molecule has 3 N–H and O–H groups in total. The molecule has 0 aromatic rings. The molecule has 100 valence electrons. The maximum absolute atomic E-state index is 11.6. The summed E-state index contributed by atoms with van der Waals surface area (Å²) in [5.41, 5.74) is 0. The first-order chi connectivity index (χ1) is 8.01. The minimum Gasteiger partial charge on any atom is -0.354 e. The van der Waals surface area contributed by atoms with Crippen molar-refractivity contribution in [1.29, 1.82) is 0 Å². The van der Waals surface area contributed by atoms with Crippen LogP contribution in [0, 0.1) is 0 Å². The highest BCUT2D eigenvalue weighted by Gasteiger charge is 2.16. The van der Waals surface area contributed by atoms with Gasteiger partial charge in [-0.2, -0.15) is 0 Å². The first-order valence-corrected chi connectivity index (χ1v) is 6.31. The topological polar surface area (TPSA) is 70.2 Å². The zero-order chi connectivity index (χ0) is 13.3. The Hall–Kier alpha value is -1.10. The van der Waals surface area contributed by atoms with E-state index in [9.17, 15) is 9.59 Å². The molecule has 17 heavy (non-hydrogen) atoms. The summed E-state index contributed by atoms with van der Waals surface area (Å²) >= 11 is 0. The molecule has 0 bridgehead atoms. The summed E-state index contributed by atoms with van der Waals surface area (Å²) in [5, 5.41) is 8.59. The highest BCUT2D eigenvalue weighted by Crippen LogP contribution is 1.92. The quantitative estimate of drug-likeness (QED) is 0.578. The van der Waals surface area contributed by atoms with Crippen molar-refractivity contribution in [2.75, 3.05) is 13.1 Å². The average Bonchev–Trinajstić information content (AvgIpc) is 2.25. The summed E-state index contributed by atoms with van der Waals surface area (Å²) in [6, 6.07) is -0.339. The number of hydrogen-bond acceptors (Lipinski definition) is 3. The summed E-state index contributed by atoms with van der Waals surface area (Å²) in [6.45, 7) is 9.11. The summed E-state index contributed by atoms with van der Waals surface area (Å²) in [4.78, 5) is 23.1. The first-order valence-electron chi connectivity index (χ1n) is 6.31. The lowest BCUT2D eigenvalue weighted by molar-refractivity contribution is -0.128. The van der Waals surface area contributed by atoms with Crippen LogP contribution in [-0.4, -0.2) is 37.0 Å². The molecule has 5 nitrogen and oxygen atoms in total. The van der Waals surface area contributed by atoms with Crippen LogP contribution in [0.5, 0.6) is 0 Å². The summed E-state index contributed by atoms with van der Waals surface area (Å²) in [6.07, 6.45) is 1.28. The molecule has 0 saturated carbocycles. The lowest BCUT2D eigenvalue weighted by Crippen LogP contribution is -2.46. The largest absolute Gasteiger partial charge is 0.354 e. The molecule has 0 aromatic heterocycles. The van der Waals surface area contributed by atoms with Crippen LogP contribution in [0.25, 0.3) is 0 Å². The van der Waals surface area contributed by atoms with Gasteiger partial charge in [0, 0.05) is 19.0 Å². The molecular formula is C12H25N3O2. The molecule has 0 aliphatic rings. The molecule has 2 atom stereocenters. The van der Waals surface area contributed by atoms with Gasteiger partial charge in [0.15, 0.2) is 0 Å². The van der Waals surface area contributed by atoms with E-state index in [2.05, 4.69) is 16.0 Å². The third-order valence-electron chi connectivity index (χ3n) is 2.36. The number of hydrogen-bond donors (Lipinski definition) is 3. The molecule has 0 spiro atoms. The second-order valence-corrected chi connectivity index (χ2v) is 4.24. The third-order valence-corrected chi connectivity index (χ3v) is 2.36. The van der Waals surface area contributed by atoms with E-state index in [0.717, 1.165) is 13.0 Å². The Kier molecular flexibility index (Phi) is 8.40. The van der Waals surface area contributed by atoms with Gasteiger partial charge in [-0.1, -0.05) is 13.8 Å². The Morgan fingerprint density at radius 1 is 1.18 bits per heavy atom. The zero-order valence-corrected chi connectivity index (χ0v) is 11.3. The van der Waals surface area contributed by atoms with Gasteiger partial charge in [0.25, 0.3) is 0 Å². The van der Waals surface area contributed by atoms with Crippen molar-refractivity contribution in [3.63, 3.8) is 0 Å². The maximum atomic E-state index is 11.6. The van der Waals surface area contributed by atoms with Crippen molar-refractivity contribution in [2.45, 2.75) is 52.6 Å². The molecule has 0 aromatic carbocycles. The van der Waals surface area contributed by atoms with E-state index < -0.39 is 6.04 Å². The minimum absolute atomic E-state index is 0.0994. The average molecular weight is 243 g/mol. The summed E-state index contributed by atoms with van der Waals surface area (Å²) in [5.74, 6) is -0.228. The van der Waals surface area contributed by atoms with Gasteiger partial charge < -0.3 is 16.0 Å². The molecule has 0 aliphatic carbocycles. The van der Waals surface area contributed by atoms with Gasteiger partial charge in [0.1, 0.15) is 6.04 Å². The van der Waals surface area contributed by atoms with Crippen LogP contribution in [0.15, 0.2) is 0 Å². The van der Waals surface area contributed by atoms with E-state index in [-0.39, 0.29) is 17.9 Å². The van der Waals surface area contributed by atoms with Crippen LogP contribution in [0.2, 0.25) is 0 Å². The Balaban J connectivity index is 3.90. The van der Waals surface area contributed by atoms with Crippen molar-refractivity contribution >= 4 is 11.8 Å². The number of carbonyl (C=O) groups excluding carboxylic acids is 2. The second kappa shape index (κ2) is 8.98. The van der Waals surface area contributed by atoms with Crippen LogP contribution < -0.4 is 16.0 Å². The van der Waals surface area contributed by atoms with Crippen molar-refractivity contribution in [3.05, 3.63) is 0 Å². The second-order valence-electron chi connectivity index (χ2n) is 4.24.